The predicted octanol–water partition coefficient (Wildman–Crippen LogP) is 2.73. The predicted molar refractivity (Wildman–Crippen MR) is 96.1 cm³/mol. The van der Waals surface area contributed by atoms with E-state index in [-0.39, 0.29) is 11.7 Å². The monoisotopic (exact) mass is 344 g/mol. The lowest BCUT2D eigenvalue weighted by atomic mass is 10.0. The second-order valence-corrected chi connectivity index (χ2v) is 7.07. The van der Waals surface area contributed by atoms with Gasteiger partial charge in [0.2, 0.25) is 0 Å². The average molecular weight is 344 g/mol. The molecule has 1 N–H and O–H groups in total. The maximum Gasteiger partial charge on any atom is 0.410 e. The first kappa shape index (κ1) is 18.7. The summed E-state index contributed by atoms with van der Waals surface area (Å²) < 4.78 is 5.39. The van der Waals surface area contributed by atoms with E-state index in [4.69, 9.17) is 11.2 Å². The van der Waals surface area contributed by atoms with Gasteiger partial charge in [-0.25, -0.2) is 9.59 Å². The lowest BCUT2D eigenvalue weighted by molar-refractivity contribution is 0.0240. The Bertz CT molecular complexity index is 720. The van der Waals surface area contributed by atoms with Crippen LogP contribution in [0.3, 0.4) is 0 Å². The molecular formula is C19H24N2O4. The molecule has 0 saturated carbocycles. The number of terminal acetylenes is 1. The molecule has 0 aliphatic carbocycles. The lowest BCUT2D eigenvalue weighted by Gasteiger charge is -2.37. The van der Waals surface area contributed by atoms with Crippen LogP contribution in [0.2, 0.25) is 0 Å². The molecule has 25 heavy (non-hydrogen) atoms. The molecule has 1 aliphatic rings. The van der Waals surface area contributed by atoms with Gasteiger partial charge in [-0.15, -0.1) is 6.42 Å². The number of rotatable bonds is 2. The Labute approximate surface area is 148 Å². The summed E-state index contributed by atoms with van der Waals surface area (Å²) >= 11 is 0. The van der Waals surface area contributed by atoms with Gasteiger partial charge in [-0.3, -0.25) is 0 Å². The topological polar surface area (TPSA) is 70.1 Å². The molecule has 1 saturated heterocycles. The summed E-state index contributed by atoms with van der Waals surface area (Å²) in [7, 11) is 0. The van der Waals surface area contributed by atoms with Crippen molar-refractivity contribution in [2.24, 2.45) is 0 Å². The average Bonchev–Trinajstić information content (AvgIpc) is 2.53. The fourth-order valence-electron chi connectivity index (χ4n) is 2.73. The zero-order chi connectivity index (χ0) is 18.8. The van der Waals surface area contributed by atoms with E-state index in [1.807, 2.05) is 31.7 Å². The second kappa shape index (κ2) is 7.06. The van der Waals surface area contributed by atoms with Gasteiger partial charge in [-0.1, -0.05) is 5.92 Å². The molecule has 0 aromatic heterocycles. The van der Waals surface area contributed by atoms with Gasteiger partial charge in [0.25, 0.3) is 0 Å². The summed E-state index contributed by atoms with van der Waals surface area (Å²) in [5, 5.41) is 9.37. The summed E-state index contributed by atoms with van der Waals surface area (Å²) in [6, 6.07) is 3.46. The minimum atomic E-state index is -0.997. The molecule has 1 heterocycles. The van der Waals surface area contributed by atoms with Crippen LogP contribution < -0.4 is 4.90 Å². The van der Waals surface area contributed by atoms with Crippen molar-refractivity contribution in [2.45, 2.75) is 33.3 Å². The highest BCUT2D eigenvalue weighted by Crippen LogP contribution is 2.25. The largest absolute Gasteiger partial charge is 0.478 e. The van der Waals surface area contributed by atoms with Crippen molar-refractivity contribution in [1.82, 2.24) is 4.90 Å². The number of hydrogen-bond donors (Lipinski definition) is 1. The van der Waals surface area contributed by atoms with Gasteiger partial charge in [-0.2, -0.15) is 0 Å². The molecule has 1 aromatic rings. The van der Waals surface area contributed by atoms with Gasteiger partial charge >= 0.3 is 12.1 Å². The van der Waals surface area contributed by atoms with Crippen molar-refractivity contribution in [1.29, 1.82) is 0 Å². The summed E-state index contributed by atoms with van der Waals surface area (Å²) in [5.41, 5.74) is 1.61. The molecule has 1 amide bonds. The van der Waals surface area contributed by atoms with Gasteiger partial charge in [0, 0.05) is 37.4 Å². The van der Waals surface area contributed by atoms with Crippen LogP contribution >= 0.6 is 0 Å². The van der Waals surface area contributed by atoms with Crippen molar-refractivity contribution in [2.75, 3.05) is 31.1 Å². The number of carboxylic acids is 1. The van der Waals surface area contributed by atoms with E-state index in [2.05, 4.69) is 5.92 Å². The normalized spacial score (nSPS) is 14.8. The first-order chi connectivity index (χ1) is 11.6. The summed E-state index contributed by atoms with van der Waals surface area (Å²) in [6.07, 6.45) is 5.18. The first-order valence-electron chi connectivity index (χ1n) is 8.20. The Hall–Kier alpha value is -2.68. The quantitative estimate of drug-likeness (QED) is 0.836. The van der Waals surface area contributed by atoms with E-state index < -0.39 is 11.6 Å². The molecule has 2 rings (SSSR count). The van der Waals surface area contributed by atoms with E-state index in [0.717, 1.165) is 5.69 Å². The van der Waals surface area contributed by atoms with Crippen molar-refractivity contribution in [3.05, 3.63) is 28.8 Å². The van der Waals surface area contributed by atoms with Crippen molar-refractivity contribution in [3.63, 3.8) is 0 Å². The highest BCUT2D eigenvalue weighted by Gasteiger charge is 2.26. The number of benzene rings is 1. The number of hydrogen-bond acceptors (Lipinski definition) is 4. The first-order valence-corrected chi connectivity index (χ1v) is 8.20. The highest BCUT2D eigenvalue weighted by molar-refractivity contribution is 5.91. The maximum atomic E-state index is 12.1. The zero-order valence-electron chi connectivity index (χ0n) is 15.1. The van der Waals surface area contributed by atoms with Gasteiger partial charge in [0.05, 0.1) is 5.56 Å². The van der Waals surface area contributed by atoms with E-state index in [9.17, 15) is 14.7 Å². The van der Waals surface area contributed by atoms with Crippen molar-refractivity contribution in [3.8, 4) is 12.3 Å². The van der Waals surface area contributed by atoms with E-state index in [1.165, 1.54) is 0 Å². The Morgan fingerprint density at radius 1 is 1.20 bits per heavy atom. The van der Waals surface area contributed by atoms with Crippen LogP contribution in [0.4, 0.5) is 10.5 Å². The number of amides is 1. The highest BCUT2D eigenvalue weighted by atomic mass is 16.6. The number of carbonyl (C=O) groups is 2. The molecule has 0 atom stereocenters. The zero-order valence-corrected chi connectivity index (χ0v) is 15.1. The summed E-state index contributed by atoms with van der Waals surface area (Å²) in [5.74, 6) is 1.55. The van der Waals surface area contributed by atoms with Crippen LogP contribution in [0, 0.1) is 19.3 Å². The Kier molecular flexibility index (Phi) is 5.27. The molecule has 1 aromatic carbocycles. The van der Waals surface area contributed by atoms with E-state index >= 15 is 0 Å². The smallest absolute Gasteiger partial charge is 0.410 e. The lowest BCUT2D eigenvalue weighted by Crippen LogP contribution is -2.50. The number of nitrogens with zero attached hydrogens (tertiary/aromatic N) is 2. The second-order valence-electron chi connectivity index (χ2n) is 7.07. The van der Waals surface area contributed by atoms with Crippen LogP contribution in [-0.4, -0.2) is 53.8 Å². The Morgan fingerprint density at radius 2 is 1.80 bits per heavy atom. The van der Waals surface area contributed by atoms with Crippen LogP contribution in [0.1, 0.15) is 42.3 Å². The fourth-order valence-corrected chi connectivity index (χ4v) is 2.73. The van der Waals surface area contributed by atoms with Crippen LogP contribution in [0.15, 0.2) is 12.1 Å². The Morgan fingerprint density at radius 3 is 2.28 bits per heavy atom. The molecular weight excluding hydrogens is 320 g/mol. The fraction of sp³-hybridized carbons (Fsp3) is 0.474. The minimum absolute atomic E-state index is 0.208. The Balaban J connectivity index is 2.13. The molecule has 6 heteroatoms. The number of ether oxygens (including phenoxy) is 1. The van der Waals surface area contributed by atoms with Gasteiger partial charge < -0.3 is 19.6 Å². The SMILES string of the molecule is C#Cc1cc(N2CCN(C(=O)OC(C)(C)C)CC2)cc(C(=O)O)c1C. The van der Waals surface area contributed by atoms with Gasteiger partial charge in [0.15, 0.2) is 0 Å². The van der Waals surface area contributed by atoms with E-state index in [1.54, 1.807) is 17.9 Å². The molecule has 0 bridgehead atoms. The number of piperazine rings is 1. The summed E-state index contributed by atoms with van der Waals surface area (Å²) in [6.45, 7) is 9.42. The minimum Gasteiger partial charge on any atom is -0.478 e. The molecule has 0 radical (unpaired) electrons. The van der Waals surface area contributed by atoms with Gasteiger partial charge in [-0.05, 0) is 45.4 Å². The summed E-state index contributed by atoms with van der Waals surface area (Å²) in [4.78, 5) is 27.3. The van der Waals surface area contributed by atoms with Crippen molar-refractivity contribution >= 4 is 17.7 Å². The molecule has 1 aliphatic heterocycles. The van der Waals surface area contributed by atoms with Gasteiger partial charge in [0.1, 0.15) is 5.60 Å². The van der Waals surface area contributed by atoms with Crippen molar-refractivity contribution < 1.29 is 19.4 Å². The standard InChI is InChI=1S/C19H24N2O4/c1-6-14-11-15(12-16(13(14)2)17(22)23)20-7-9-21(10-8-20)18(24)25-19(3,4)5/h1,11-12H,7-10H2,2-5H3,(H,22,23). The third kappa shape index (κ3) is 4.44. The van der Waals surface area contributed by atoms with Crippen LogP contribution in [0.25, 0.3) is 0 Å². The third-order valence-corrected chi connectivity index (χ3v) is 4.07. The molecule has 6 nitrogen and oxygen atoms in total. The third-order valence-electron chi connectivity index (χ3n) is 4.07. The molecule has 1 fully saturated rings. The van der Waals surface area contributed by atoms with E-state index in [0.29, 0.717) is 37.3 Å². The number of anilines is 1. The molecule has 134 valence electrons. The molecule has 0 unspecified atom stereocenters. The number of aromatic carboxylic acids is 1. The molecule has 0 spiro atoms. The van der Waals surface area contributed by atoms with Crippen LogP contribution in [0.5, 0.6) is 0 Å². The number of carboxylic acid groups (broad SMARTS) is 1. The van der Waals surface area contributed by atoms with Crippen LogP contribution in [-0.2, 0) is 4.74 Å². The number of carbonyl (C=O) groups excluding carboxylic acids is 1. The maximum absolute atomic E-state index is 12.1.